The largest absolute Gasteiger partial charge is 0.497 e. The van der Waals surface area contributed by atoms with Crippen molar-refractivity contribution >= 4 is 17.1 Å². The van der Waals surface area contributed by atoms with Crippen LogP contribution in [0.25, 0.3) is 16.9 Å². The van der Waals surface area contributed by atoms with E-state index in [1.807, 2.05) is 46.4 Å². The zero-order valence-electron chi connectivity index (χ0n) is 20.4. The topological polar surface area (TPSA) is 57.0 Å². The number of nitrogens with zero attached hydrogens (tertiary/aromatic N) is 3. The Kier molecular flexibility index (Phi) is 8.08. The zero-order chi connectivity index (χ0) is 24.8. The lowest BCUT2D eigenvalue weighted by Gasteiger charge is -2.06. The van der Waals surface area contributed by atoms with Gasteiger partial charge in [-0.25, -0.2) is 14.4 Å². The van der Waals surface area contributed by atoms with Crippen LogP contribution in [0.3, 0.4) is 0 Å². The van der Waals surface area contributed by atoms with Crippen LogP contribution in [0, 0.1) is 12.7 Å². The number of ether oxygens (including phenoxy) is 1. The van der Waals surface area contributed by atoms with Crippen molar-refractivity contribution in [2.75, 3.05) is 7.11 Å². The minimum absolute atomic E-state index is 0.0150. The average Bonchev–Trinajstić information content (AvgIpc) is 3.35. The number of aryl methyl sites for hydroxylation is 3. The molecule has 5 nitrogen and oxygen atoms in total. The lowest BCUT2D eigenvalue weighted by atomic mass is 10.1. The van der Waals surface area contributed by atoms with E-state index >= 15 is 0 Å². The van der Waals surface area contributed by atoms with Gasteiger partial charge in [0.1, 0.15) is 23.2 Å². The third kappa shape index (κ3) is 6.42. The molecule has 2 aromatic heterocycles. The molecule has 0 saturated carbocycles. The second kappa shape index (κ2) is 11.4. The number of ketones is 1. The number of halogens is 1. The second-order valence-electron chi connectivity index (χ2n) is 8.66. The number of imidazole rings is 1. The van der Waals surface area contributed by atoms with E-state index in [-0.39, 0.29) is 18.0 Å². The van der Waals surface area contributed by atoms with Crippen molar-refractivity contribution in [2.24, 2.45) is 0 Å². The van der Waals surface area contributed by atoms with Gasteiger partial charge in [0, 0.05) is 22.3 Å². The van der Waals surface area contributed by atoms with E-state index in [1.54, 1.807) is 24.1 Å². The smallest absolute Gasteiger partial charge is 0.137 e. The monoisotopic (exact) mass is 491 g/mol. The first-order valence-corrected chi connectivity index (χ1v) is 12.7. The quantitative estimate of drug-likeness (QED) is 0.298. The lowest BCUT2D eigenvalue weighted by Crippen LogP contribution is -2.05. The number of methoxy groups -OCH3 is 1. The van der Waals surface area contributed by atoms with Crippen LogP contribution in [0.5, 0.6) is 5.75 Å². The SMILES string of the molecule is COc1cccc(-c2cn(-c3ccc(F)cc3)c(CC(C)=O)n2)c1.Cc1nc2c(s1)CCCCC2. The predicted octanol–water partition coefficient (Wildman–Crippen LogP) is 6.54. The van der Waals surface area contributed by atoms with Gasteiger partial charge in [-0.15, -0.1) is 11.3 Å². The first-order chi connectivity index (χ1) is 16.9. The van der Waals surface area contributed by atoms with Crippen LogP contribution in [0.1, 0.15) is 47.6 Å². The molecule has 0 spiro atoms. The molecular weight excluding hydrogens is 461 g/mol. The van der Waals surface area contributed by atoms with Crippen molar-refractivity contribution in [1.82, 2.24) is 14.5 Å². The van der Waals surface area contributed by atoms with Gasteiger partial charge in [0.15, 0.2) is 0 Å². The number of Topliss-reactive ketones (excluding diaryl/α,β-unsaturated/α-hetero) is 1. The summed E-state index contributed by atoms with van der Waals surface area (Å²) in [6.45, 7) is 3.63. The number of rotatable bonds is 5. The van der Waals surface area contributed by atoms with E-state index in [2.05, 4.69) is 16.9 Å². The molecule has 7 heteroatoms. The van der Waals surface area contributed by atoms with Crippen molar-refractivity contribution in [3.05, 3.63) is 81.9 Å². The molecule has 0 fully saturated rings. The Labute approximate surface area is 209 Å². The van der Waals surface area contributed by atoms with Crippen LogP contribution < -0.4 is 4.74 Å². The van der Waals surface area contributed by atoms with Crippen molar-refractivity contribution < 1.29 is 13.9 Å². The molecule has 5 rings (SSSR count). The van der Waals surface area contributed by atoms with Gasteiger partial charge in [-0.05, 0) is 75.9 Å². The number of aromatic nitrogens is 3. The van der Waals surface area contributed by atoms with E-state index in [9.17, 15) is 9.18 Å². The fourth-order valence-corrected chi connectivity index (χ4v) is 5.19. The standard InChI is InChI=1S/C19H17FN2O2.C9H13NS/c1-13(23)10-19-21-18(14-4-3-5-17(11-14)24-2)12-22(19)16-8-6-15(20)7-9-16;1-7-10-8-5-3-2-4-6-9(8)11-7/h3-9,11-12H,10H2,1-2H3;2-6H2,1H3. The second-order valence-corrected chi connectivity index (χ2v) is 9.95. The fourth-order valence-electron chi connectivity index (χ4n) is 4.17. The van der Waals surface area contributed by atoms with Crippen LogP contribution in [0.15, 0.2) is 54.7 Å². The number of hydrogen-bond acceptors (Lipinski definition) is 5. The third-order valence-electron chi connectivity index (χ3n) is 5.86. The molecule has 0 saturated heterocycles. The molecule has 0 amide bonds. The Balaban J connectivity index is 0.000000218. The molecule has 1 aliphatic rings. The van der Waals surface area contributed by atoms with Gasteiger partial charge in [0.25, 0.3) is 0 Å². The van der Waals surface area contributed by atoms with Crippen molar-refractivity contribution in [3.8, 4) is 22.7 Å². The summed E-state index contributed by atoms with van der Waals surface area (Å²) in [4.78, 5) is 22.2. The fraction of sp³-hybridized carbons (Fsp3) is 0.321. The maximum atomic E-state index is 13.2. The molecule has 35 heavy (non-hydrogen) atoms. The Morgan fingerprint density at radius 3 is 2.60 bits per heavy atom. The first kappa shape index (κ1) is 24.8. The van der Waals surface area contributed by atoms with Gasteiger partial charge in [0.2, 0.25) is 0 Å². The minimum atomic E-state index is -0.306. The van der Waals surface area contributed by atoms with Gasteiger partial charge in [0.05, 0.1) is 29.9 Å². The van der Waals surface area contributed by atoms with Gasteiger partial charge in [-0.3, -0.25) is 4.79 Å². The number of hydrogen-bond donors (Lipinski definition) is 0. The molecular formula is C28H30FN3O2S. The van der Waals surface area contributed by atoms with Gasteiger partial charge in [-0.1, -0.05) is 18.6 Å². The lowest BCUT2D eigenvalue weighted by molar-refractivity contribution is -0.116. The summed E-state index contributed by atoms with van der Waals surface area (Å²) in [5.41, 5.74) is 3.77. The molecule has 2 aromatic carbocycles. The molecule has 182 valence electrons. The van der Waals surface area contributed by atoms with Crippen LogP contribution in [0.2, 0.25) is 0 Å². The highest BCUT2D eigenvalue weighted by molar-refractivity contribution is 7.11. The molecule has 0 radical (unpaired) electrons. The highest BCUT2D eigenvalue weighted by atomic mass is 32.1. The highest BCUT2D eigenvalue weighted by Gasteiger charge is 2.14. The molecule has 2 heterocycles. The van der Waals surface area contributed by atoms with Gasteiger partial charge < -0.3 is 9.30 Å². The van der Waals surface area contributed by atoms with Crippen LogP contribution in [0.4, 0.5) is 4.39 Å². The van der Waals surface area contributed by atoms with Crippen LogP contribution in [-0.2, 0) is 24.1 Å². The Bertz CT molecular complexity index is 1270. The van der Waals surface area contributed by atoms with Crippen molar-refractivity contribution in [1.29, 1.82) is 0 Å². The Hall–Kier alpha value is -3.32. The molecule has 0 N–H and O–H groups in total. The highest BCUT2D eigenvalue weighted by Crippen LogP contribution is 2.26. The summed E-state index contributed by atoms with van der Waals surface area (Å²) in [5, 5.41) is 1.25. The summed E-state index contributed by atoms with van der Waals surface area (Å²) in [5.74, 6) is 1.06. The molecule has 1 aliphatic carbocycles. The summed E-state index contributed by atoms with van der Waals surface area (Å²) in [7, 11) is 1.61. The summed E-state index contributed by atoms with van der Waals surface area (Å²) < 4.78 is 20.2. The van der Waals surface area contributed by atoms with E-state index in [4.69, 9.17) is 4.74 Å². The van der Waals surface area contributed by atoms with Crippen molar-refractivity contribution in [2.45, 2.75) is 52.4 Å². The van der Waals surface area contributed by atoms with Gasteiger partial charge >= 0.3 is 0 Å². The maximum Gasteiger partial charge on any atom is 0.137 e. The summed E-state index contributed by atoms with van der Waals surface area (Å²) in [6, 6.07) is 13.7. The third-order valence-corrected chi connectivity index (χ3v) is 6.93. The number of fused-ring (bicyclic) bond motifs is 1. The van der Waals surface area contributed by atoms with Crippen LogP contribution >= 0.6 is 11.3 Å². The Morgan fingerprint density at radius 2 is 1.86 bits per heavy atom. The van der Waals surface area contributed by atoms with Gasteiger partial charge in [-0.2, -0.15) is 0 Å². The minimum Gasteiger partial charge on any atom is -0.497 e. The first-order valence-electron chi connectivity index (χ1n) is 11.9. The molecule has 0 aliphatic heterocycles. The zero-order valence-corrected chi connectivity index (χ0v) is 21.2. The number of carbonyl (C=O) groups excluding carboxylic acids is 1. The molecule has 4 aromatic rings. The van der Waals surface area contributed by atoms with Crippen molar-refractivity contribution in [3.63, 3.8) is 0 Å². The number of benzene rings is 2. The summed E-state index contributed by atoms with van der Waals surface area (Å²) >= 11 is 1.89. The molecule has 0 unspecified atom stereocenters. The van der Waals surface area contributed by atoms with E-state index in [0.717, 1.165) is 22.7 Å². The number of carbonyl (C=O) groups is 1. The predicted molar refractivity (Wildman–Crippen MR) is 138 cm³/mol. The van der Waals surface area contributed by atoms with E-state index in [0.29, 0.717) is 5.82 Å². The van der Waals surface area contributed by atoms with E-state index in [1.165, 1.54) is 61.9 Å². The normalized spacial score (nSPS) is 12.8. The maximum absolute atomic E-state index is 13.2. The molecule has 0 atom stereocenters. The van der Waals surface area contributed by atoms with Crippen LogP contribution in [-0.4, -0.2) is 27.4 Å². The number of thiazole rings is 1. The molecule has 0 bridgehead atoms. The average molecular weight is 492 g/mol. The summed E-state index contributed by atoms with van der Waals surface area (Å²) in [6.07, 6.45) is 8.66. The Morgan fingerprint density at radius 1 is 1.09 bits per heavy atom. The van der Waals surface area contributed by atoms with E-state index < -0.39 is 0 Å².